The number of nitrogens with one attached hydrogen (secondary N) is 1. The molecule has 1 amide bonds. The lowest BCUT2D eigenvalue weighted by molar-refractivity contribution is -0.107. The summed E-state index contributed by atoms with van der Waals surface area (Å²) in [7, 11) is 2.14. The van der Waals surface area contributed by atoms with Crippen LogP contribution in [0.1, 0.15) is 17.5 Å². The van der Waals surface area contributed by atoms with Crippen molar-refractivity contribution in [3.63, 3.8) is 0 Å². The minimum Gasteiger partial charge on any atom is -0.361 e. The summed E-state index contributed by atoms with van der Waals surface area (Å²) >= 11 is 0. The van der Waals surface area contributed by atoms with Crippen molar-refractivity contribution in [2.45, 2.75) is 13.0 Å². The summed E-state index contributed by atoms with van der Waals surface area (Å²) in [5, 5.41) is 1.17. The summed E-state index contributed by atoms with van der Waals surface area (Å²) in [6.45, 7) is 2.58. The van der Waals surface area contributed by atoms with Crippen LogP contribution in [0.2, 0.25) is 0 Å². The molecule has 0 radical (unpaired) electrons. The maximum absolute atomic E-state index is 11.7. The lowest BCUT2D eigenvalue weighted by Gasteiger charge is -2.22. The number of hydrogen-bond donors (Lipinski definition) is 1. The van der Waals surface area contributed by atoms with Crippen molar-refractivity contribution in [1.82, 2.24) is 14.9 Å². The lowest BCUT2D eigenvalue weighted by atomic mass is 9.99. The highest BCUT2D eigenvalue weighted by Gasteiger charge is 2.15. The number of likely N-dealkylation sites (N-methyl/N-ethyl adjacent to an activating group) is 1. The zero-order chi connectivity index (χ0) is 17.9. The zero-order valence-electron chi connectivity index (χ0n) is 14.9. The van der Waals surface area contributed by atoms with E-state index in [1.165, 1.54) is 16.5 Å². The minimum atomic E-state index is 0.533. The molecular weight excluding hydrogens is 324 g/mol. The SMILES string of the molecule is CN1CC=C(c2c[nH]c3ccc(N(C=O)Cc4ccncc4)cc23)CC1. The number of carbonyl (C=O) groups is 1. The predicted octanol–water partition coefficient (Wildman–Crippen LogP) is 3.44. The second kappa shape index (κ2) is 7.14. The van der Waals surface area contributed by atoms with Gasteiger partial charge in [-0.05, 0) is 54.9 Å². The number of benzene rings is 1. The van der Waals surface area contributed by atoms with Gasteiger partial charge in [0.05, 0.1) is 6.54 Å². The summed E-state index contributed by atoms with van der Waals surface area (Å²) in [6.07, 6.45) is 9.81. The molecule has 0 atom stereocenters. The number of aromatic nitrogens is 2. The maximum Gasteiger partial charge on any atom is 0.214 e. The summed E-state index contributed by atoms with van der Waals surface area (Å²) in [6, 6.07) is 10.0. The van der Waals surface area contributed by atoms with Gasteiger partial charge in [0.15, 0.2) is 0 Å². The van der Waals surface area contributed by atoms with Gasteiger partial charge in [0.2, 0.25) is 6.41 Å². The molecule has 1 aromatic carbocycles. The van der Waals surface area contributed by atoms with Gasteiger partial charge in [-0.25, -0.2) is 0 Å². The van der Waals surface area contributed by atoms with Crippen molar-refractivity contribution >= 4 is 28.6 Å². The number of aromatic amines is 1. The van der Waals surface area contributed by atoms with E-state index in [9.17, 15) is 4.79 Å². The molecule has 3 aromatic rings. The van der Waals surface area contributed by atoms with Gasteiger partial charge in [-0.3, -0.25) is 9.78 Å². The molecule has 132 valence electrons. The molecule has 5 nitrogen and oxygen atoms in total. The highest BCUT2D eigenvalue weighted by molar-refractivity contribution is 5.96. The van der Waals surface area contributed by atoms with Crippen molar-refractivity contribution in [3.05, 3.63) is 66.1 Å². The Morgan fingerprint density at radius 3 is 2.85 bits per heavy atom. The molecule has 0 spiro atoms. The third kappa shape index (κ3) is 3.26. The number of amides is 1. The van der Waals surface area contributed by atoms with Gasteiger partial charge in [0, 0.05) is 53.8 Å². The van der Waals surface area contributed by atoms with E-state index >= 15 is 0 Å². The second-order valence-electron chi connectivity index (χ2n) is 6.76. The highest BCUT2D eigenvalue weighted by atomic mass is 16.1. The minimum absolute atomic E-state index is 0.533. The monoisotopic (exact) mass is 346 g/mol. The highest BCUT2D eigenvalue weighted by Crippen LogP contribution is 2.31. The Hall–Kier alpha value is -2.92. The van der Waals surface area contributed by atoms with Crippen LogP contribution in [0.3, 0.4) is 0 Å². The normalized spacial score (nSPS) is 15.0. The van der Waals surface area contributed by atoms with Crippen molar-refractivity contribution in [2.75, 3.05) is 25.0 Å². The first-order valence-electron chi connectivity index (χ1n) is 8.84. The molecule has 1 aliphatic rings. The van der Waals surface area contributed by atoms with Crippen LogP contribution in [0.5, 0.6) is 0 Å². The predicted molar refractivity (Wildman–Crippen MR) is 105 cm³/mol. The van der Waals surface area contributed by atoms with E-state index in [-0.39, 0.29) is 0 Å². The first-order valence-corrected chi connectivity index (χ1v) is 8.84. The van der Waals surface area contributed by atoms with Crippen LogP contribution in [-0.4, -0.2) is 41.4 Å². The zero-order valence-corrected chi connectivity index (χ0v) is 14.9. The Balaban J connectivity index is 1.68. The summed E-state index contributed by atoms with van der Waals surface area (Å²) in [5.74, 6) is 0. The van der Waals surface area contributed by atoms with E-state index in [1.807, 2.05) is 24.3 Å². The third-order valence-electron chi connectivity index (χ3n) is 4.98. The van der Waals surface area contributed by atoms with Crippen LogP contribution in [-0.2, 0) is 11.3 Å². The molecule has 4 rings (SSSR count). The maximum atomic E-state index is 11.7. The van der Waals surface area contributed by atoms with Gasteiger partial charge in [-0.15, -0.1) is 0 Å². The molecule has 0 unspecified atom stereocenters. The molecule has 1 aliphatic heterocycles. The first kappa shape index (κ1) is 16.5. The molecule has 1 N–H and O–H groups in total. The fourth-order valence-corrected chi connectivity index (χ4v) is 3.44. The Labute approximate surface area is 153 Å². The molecule has 0 fully saturated rings. The second-order valence-corrected chi connectivity index (χ2v) is 6.76. The number of rotatable bonds is 5. The average molecular weight is 346 g/mol. The molecular formula is C21H22N4O. The Bertz CT molecular complexity index is 945. The summed E-state index contributed by atoms with van der Waals surface area (Å²) in [4.78, 5) is 23.1. The Morgan fingerprint density at radius 1 is 1.27 bits per heavy atom. The lowest BCUT2D eigenvalue weighted by Crippen LogP contribution is -2.23. The van der Waals surface area contributed by atoms with E-state index in [1.54, 1.807) is 17.3 Å². The van der Waals surface area contributed by atoms with Crippen LogP contribution in [0.4, 0.5) is 5.69 Å². The van der Waals surface area contributed by atoms with Gasteiger partial charge >= 0.3 is 0 Å². The van der Waals surface area contributed by atoms with Crippen molar-refractivity contribution in [3.8, 4) is 0 Å². The van der Waals surface area contributed by atoms with E-state index in [2.05, 4.69) is 40.3 Å². The summed E-state index contributed by atoms with van der Waals surface area (Å²) < 4.78 is 0. The number of pyridine rings is 1. The third-order valence-corrected chi connectivity index (χ3v) is 4.98. The van der Waals surface area contributed by atoms with E-state index in [0.717, 1.165) is 42.7 Å². The molecule has 0 saturated heterocycles. The molecule has 0 saturated carbocycles. The van der Waals surface area contributed by atoms with Crippen LogP contribution < -0.4 is 4.90 Å². The van der Waals surface area contributed by atoms with Crippen LogP contribution in [0.15, 0.2) is 55.0 Å². The standard InChI is InChI=1S/C21H22N4O/c1-24-10-6-17(7-11-24)20-13-23-21-3-2-18(12-19(20)21)25(15-26)14-16-4-8-22-9-5-16/h2-6,8-9,12-13,15,23H,7,10-11,14H2,1H3. The molecule has 0 bridgehead atoms. The number of carbonyl (C=O) groups excluding carboxylic acids is 1. The van der Waals surface area contributed by atoms with Crippen molar-refractivity contribution < 1.29 is 4.79 Å². The van der Waals surface area contributed by atoms with E-state index in [0.29, 0.717) is 6.54 Å². The van der Waals surface area contributed by atoms with Gasteiger partial charge < -0.3 is 14.8 Å². The van der Waals surface area contributed by atoms with Crippen LogP contribution >= 0.6 is 0 Å². The molecule has 26 heavy (non-hydrogen) atoms. The van der Waals surface area contributed by atoms with Crippen LogP contribution in [0.25, 0.3) is 16.5 Å². The van der Waals surface area contributed by atoms with Crippen molar-refractivity contribution in [2.24, 2.45) is 0 Å². The number of nitrogens with zero attached hydrogens (tertiary/aromatic N) is 3. The Morgan fingerprint density at radius 2 is 2.12 bits per heavy atom. The first-order chi connectivity index (χ1) is 12.7. The van der Waals surface area contributed by atoms with Crippen LogP contribution in [0, 0.1) is 0 Å². The van der Waals surface area contributed by atoms with Gasteiger partial charge in [-0.1, -0.05) is 6.08 Å². The smallest absolute Gasteiger partial charge is 0.214 e. The van der Waals surface area contributed by atoms with E-state index < -0.39 is 0 Å². The average Bonchev–Trinajstić information content (AvgIpc) is 3.11. The largest absolute Gasteiger partial charge is 0.361 e. The molecule has 2 aromatic heterocycles. The summed E-state index contributed by atoms with van der Waals surface area (Å²) in [5.41, 5.74) is 5.67. The number of hydrogen-bond acceptors (Lipinski definition) is 3. The Kier molecular flexibility index (Phi) is 4.54. The molecule has 5 heteroatoms. The molecule has 0 aliphatic carbocycles. The van der Waals surface area contributed by atoms with Gasteiger partial charge in [0.25, 0.3) is 0 Å². The van der Waals surface area contributed by atoms with E-state index in [4.69, 9.17) is 0 Å². The number of H-pyrrole nitrogens is 1. The topological polar surface area (TPSA) is 52.2 Å². The quantitative estimate of drug-likeness (QED) is 0.720. The van der Waals surface area contributed by atoms with Gasteiger partial charge in [-0.2, -0.15) is 0 Å². The van der Waals surface area contributed by atoms with Crippen molar-refractivity contribution in [1.29, 1.82) is 0 Å². The van der Waals surface area contributed by atoms with Gasteiger partial charge in [0.1, 0.15) is 0 Å². The fraction of sp³-hybridized carbons (Fsp3) is 0.238. The fourth-order valence-electron chi connectivity index (χ4n) is 3.44. The number of anilines is 1. The number of fused-ring (bicyclic) bond motifs is 1. The molecule has 3 heterocycles.